The molecule has 1 fully saturated rings. The minimum absolute atomic E-state index is 0.432. The first-order valence-corrected chi connectivity index (χ1v) is 7.40. The smallest absolute Gasteiger partial charge is 0.148 e. The van der Waals surface area contributed by atoms with Crippen molar-refractivity contribution < 1.29 is 0 Å². The summed E-state index contributed by atoms with van der Waals surface area (Å²) in [6, 6.07) is 5.27. The number of anilines is 3. The lowest BCUT2D eigenvalue weighted by Gasteiger charge is -2.14. The zero-order chi connectivity index (χ0) is 15.0. The van der Waals surface area contributed by atoms with Crippen molar-refractivity contribution in [1.82, 2.24) is 9.97 Å². The third kappa shape index (κ3) is 3.20. The van der Waals surface area contributed by atoms with Crippen molar-refractivity contribution in [1.29, 1.82) is 0 Å². The van der Waals surface area contributed by atoms with E-state index in [9.17, 15) is 0 Å². The van der Waals surface area contributed by atoms with Crippen LogP contribution in [0.4, 0.5) is 17.3 Å². The maximum atomic E-state index is 6.02. The summed E-state index contributed by atoms with van der Waals surface area (Å²) in [7, 11) is 0. The number of nitrogens with two attached hydrogens (primary N) is 1. The molecule has 1 saturated carbocycles. The van der Waals surface area contributed by atoms with E-state index in [4.69, 9.17) is 29.0 Å². The van der Waals surface area contributed by atoms with Crippen molar-refractivity contribution in [3.63, 3.8) is 0 Å². The molecule has 3 rings (SSSR count). The molecular formula is C14H15Cl2N5. The Labute approximate surface area is 132 Å². The molecule has 1 aromatic carbocycles. The van der Waals surface area contributed by atoms with Gasteiger partial charge in [-0.1, -0.05) is 23.2 Å². The summed E-state index contributed by atoms with van der Waals surface area (Å²) >= 11 is 12.0. The third-order valence-corrected chi connectivity index (χ3v) is 3.80. The first kappa shape index (κ1) is 14.4. The summed E-state index contributed by atoms with van der Waals surface area (Å²) in [5.41, 5.74) is 4.25. The van der Waals surface area contributed by atoms with Gasteiger partial charge in [0.05, 0.1) is 0 Å². The minimum atomic E-state index is 0.432. The summed E-state index contributed by atoms with van der Waals surface area (Å²) in [5.74, 6) is 8.12. The van der Waals surface area contributed by atoms with E-state index < -0.39 is 0 Å². The lowest BCUT2D eigenvalue weighted by atomic mass is 10.2. The Morgan fingerprint density at radius 2 is 1.71 bits per heavy atom. The fraction of sp³-hybridized carbons (Fsp3) is 0.286. The molecule has 0 amide bonds. The zero-order valence-corrected chi connectivity index (χ0v) is 13.0. The quantitative estimate of drug-likeness (QED) is 0.585. The fourth-order valence-corrected chi connectivity index (χ4v) is 2.61. The molecule has 7 heteroatoms. The van der Waals surface area contributed by atoms with Crippen molar-refractivity contribution in [3.05, 3.63) is 39.6 Å². The van der Waals surface area contributed by atoms with Crippen molar-refractivity contribution in [2.75, 3.05) is 10.7 Å². The lowest BCUT2D eigenvalue weighted by molar-refractivity contribution is 0.920. The van der Waals surface area contributed by atoms with Crippen molar-refractivity contribution in [3.8, 4) is 0 Å². The van der Waals surface area contributed by atoms with Crippen LogP contribution in [-0.4, -0.2) is 9.97 Å². The van der Waals surface area contributed by atoms with Crippen molar-refractivity contribution in [2.45, 2.75) is 25.7 Å². The van der Waals surface area contributed by atoms with E-state index in [0.717, 1.165) is 29.9 Å². The maximum Gasteiger partial charge on any atom is 0.148 e. The van der Waals surface area contributed by atoms with E-state index in [1.54, 1.807) is 18.2 Å². The number of rotatable bonds is 4. The summed E-state index contributed by atoms with van der Waals surface area (Å²) in [6.07, 6.45) is 2.24. The highest BCUT2D eigenvalue weighted by Gasteiger charge is 2.28. The van der Waals surface area contributed by atoms with E-state index in [1.807, 2.05) is 6.92 Å². The van der Waals surface area contributed by atoms with Crippen molar-refractivity contribution >= 4 is 40.5 Å². The maximum absolute atomic E-state index is 6.02. The summed E-state index contributed by atoms with van der Waals surface area (Å²) in [4.78, 5) is 9.04. The minimum Gasteiger partial charge on any atom is -0.340 e. The van der Waals surface area contributed by atoms with Gasteiger partial charge < -0.3 is 10.7 Å². The highest BCUT2D eigenvalue weighted by molar-refractivity contribution is 6.35. The van der Waals surface area contributed by atoms with Gasteiger partial charge in [0.15, 0.2) is 0 Å². The second-order valence-corrected chi connectivity index (χ2v) is 5.98. The highest BCUT2D eigenvalue weighted by Crippen LogP contribution is 2.40. The first-order valence-electron chi connectivity index (χ1n) is 6.65. The molecule has 0 saturated heterocycles. The van der Waals surface area contributed by atoms with Crippen LogP contribution in [0.2, 0.25) is 10.0 Å². The standard InChI is InChI=1S/C14H15Cl2N5/c1-7-12(18-11-5-9(15)4-10(16)6-11)19-14(8-2-3-8)20-13(7)21-17/h4-6,8H,2-3,17H2,1H3,(H2,18,19,20,21). The number of aromatic nitrogens is 2. The lowest BCUT2D eigenvalue weighted by Crippen LogP contribution is -2.13. The summed E-state index contributed by atoms with van der Waals surface area (Å²) in [6.45, 7) is 1.90. The van der Waals surface area contributed by atoms with Gasteiger partial charge in [0.25, 0.3) is 0 Å². The average Bonchev–Trinajstić information content (AvgIpc) is 3.24. The number of hydrogen-bond donors (Lipinski definition) is 3. The van der Waals surface area contributed by atoms with Crippen LogP contribution in [0.3, 0.4) is 0 Å². The van der Waals surface area contributed by atoms with Crippen LogP contribution < -0.4 is 16.6 Å². The number of nitrogens with zero attached hydrogens (tertiary/aromatic N) is 2. The number of nitrogens with one attached hydrogen (secondary N) is 2. The van der Waals surface area contributed by atoms with Gasteiger partial charge in [0, 0.05) is 27.2 Å². The van der Waals surface area contributed by atoms with Crippen LogP contribution in [0.15, 0.2) is 18.2 Å². The molecular weight excluding hydrogens is 309 g/mol. The molecule has 0 bridgehead atoms. The molecule has 4 N–H and O–H groups in total. The number of nitrogen functional groups attached to an aromatic ring is 1. The number of benzene rings is 1. The van der Waals surface area contributed by atoms with Crippen LogP contribution in [0.5, 0.6) is 0 Å². The Morgan fingerprint density at radius 3 is 2.29 bits per heavy atom. The number of halogens is 2. The second kappa shape index (κ2) is 5.67. The van der Waals surface area contributed by atoms with E-state index >= 15 is 0 Å². The van der Waals surface area contributed by atoms with E-state index in [2.05, 4.69) is 20.7 Å². The number of hydrazine groups is 1. The molecule has 0 spiro atoms. The normalized spacial score (nSPS) is 14.1. The second-order valence-electron chi connectivity index (χ2n) is 5.11. The Balaban J connectivity index is 1.98. The predicted molar refractivity (Wildman–Crippen MR) is 86.3 cm³/mol. The third-order valence-electron chi connectivity index (χ3n) is 3.37. The van der Waals surface area contributed by atoms with Crippen LogP contribution in [0, 0.1) is 6.92 Å². The predicted octanol–water partition coefficient (Wildman–Crippen LogP) is 4.00. The van der Waals surface area contributed by atoms with Crippen LogP contribution >= 0.6 is 23.2 Å². The molecule has 21 heavy (non-hydrogen) atoms. The van der Waals surface area contributed by atoms with Gasteiger partial charge in [0.1, 0.15) is 17.5 Å². The van der Waals surface area contributed by atoms with Crippen LogP contribution in [0.1, 0.15) is 30.1 Å². The van der Waals surface area contributed by atoms with Gasteiger partial charge in [-0.05, 0) is 38.0 Å². The van der Waals surface area contributed by atoms with Gasteiger partial charge in [0.2, 0.25) is 0 Å². The largest absolute Gasteiger partial charge is 0.340 e. The SMILES string of the molecule is Cc1c(NN)nc(C2CC2)nc1Nc1cc(Cl)cc(Cl)c1. The highest BCUT2D eigenvalue weighted by atomic mass is 35.5. The van der Waals surface area contributed by atoms with Crippen molar-refractivity contribution in [2.24, 2.45) is 5.84 Å². The molecule has 2 aromatic rings. The fourth-order valence-electron chi connectivity index (χ4n) is 2.08. The van der Waals surface area contributed by atoms with Gasteiger partial charge in [-0.2, -0.15) is 0 Å². The van der Waals surface area contributed by atoms with Crippen LogP contribution in [-0.2, 0) is 0 Å². The Morgan fingerprint density at radius 1 is 1.10 bits per heavy atom. The van der Waals surface area contributed by atoms with E-state index in [0.29, 0.717) is 27.6 Å². The molecule has 1 aliphatic rings. The monoisotopic (exact) mass is 323 g/mol. The Bertz CT molecular complexity index is 665. The Kier molecular flexibility index (Phi) is 3.89. The van der Waals surface area contributed by atoms with Crippen LogP contribution in [0.25, 0.3) is 0 Å². The molecule has 0 atom stereocenters. The molecule has 1 heterocycles. The van der Waals surface area contributed by atoms with E-state index in [1.165, 1.54) is 0 Å². The zero-order valence-electron chi connectivity index (χ0n) is 11.5. The molecule has 0 radical (unpaired) electrons. The number of hydrogen-bond acceptors (Lipinski definition) is 5. The first-order chi connectivity index (χ1) is 10.1. The summed E-state index contributed by atoms with van der Waals surface area (Å²) < 4.78 is 0. The topological polar surface area (TPSA) is 75.9 Å². The van der Waals surface area contributed by atoms with Gasteiger partial charge >= 0.3 is 0 Å². The molecule has 110 valence electrons. The van der Waals surface area contributed by atoms with Gasteiger partial charge in [-0.25, -0.2) is 15.8 Å². The van der Waals surface area contributed by atoms with Gasteiger partial charge in [-0.15, -0.1) is 0 Å². The molecule has 0 unspecified atom stereocenters. The molecule has 1 aromatic heterocycles. The molecule has 0 aliphatic heterocycles. The van der Waals surface area contributed by atoms with Gasteiger partial charge in [-0.3, -0.25) is 0 Å². The summed E-state index contributed by atoms with van der Waals surface area (Å²) in [5, 5.41) is 4.37. The molecule has 5 nitrogen and oxygen atoms in total. The molecule has 1 aliphatic carbocycles. The Hall–Kier alpha value is -1.56. The average molecular weight is 324 g/mol. The van der Waals surface area contributed by atoms with E-state index in [-0.39, 0.29) is 0 Å².